The highest BCUT2D eigenvalue weighted by Gasteiger charge is 2.51. The number of ether oxygens (including phenoxy) is 4. The van der Waals surface area contributed by atoms with Gasteiger partial charge in [-0.1, -0.05) is 19.2 Å². The summed E-state index contributed by atoms with van der Waals surface area (Å²) in [5.74, 6) is 3.70. The summed E-state index contributed by atoms with van der Waals surface area (Å²) >= 11 is 0. The molecule has 5 fully saturated rings. The number of nitrogens with one attached hydrogen (secondary N) is 1. The number of carbonyl (C=O) groups excluding carboxylic acids is 2. The number of nitrogens with two attached hydrogens (primary N) is 2. The first-order valence-electron chi connectivity index (χ1n) is 32.8. The molecular weight excluding hydrogens is 1170 g/mol. The van der Waals surface area contributed by atoms with Crippen molar-refractivity contribution in [2.45, 2.75) is 174 Å². The van der Waals surface area contributed by atoms with E-state index < -0.39 is 17.6 Å². The Morgan fingerprint density at radius 1 is 0.685 bits per heavy atom. The molecule has 5 atom stereocenters. The summed E-state index contributed by atoms with van der Waals surface area (Å²) in [6.07, 6.45) is 18.0. The second-order valence-electron chi connectivity index (χ2n) is 26.9. The molecule has 0 radical (unpaired) electrons. The number of carbonyl (C=O) groups is 2. The number of fused-ring (bicyclic) bond motifs is 5. The van der Waals surface area contributed by atoms with Gasteiger partial charge in [0.2, 0.25) is 0 Å². The molecule has 1 unspecified atom stereocenters. The molecule has 6 aromatic rings. The number of alkyl carbamates (subject to hydrolysis) is 1. The highest BCUT2D eigenvalue weighted by Crippen LogP contribution is 2.45. The van der Waals surface area contributed by atoms with Gasteiger partial charge in [-0.3, -0.25) is 9.79 Å². The van der Waals surface area contributed by atoms with Crippen LogP contribution in [0.3, 0.4) is 0 Å². The zero-order valence-electron chi connectivity index (χ0n) is 53.4. The lowest BCUT2D eigenvalue weighted by molar-refractivity contribution is -0.0368. The Bertz CT molecular complexity index is 3870. The number of hydrogen-bond acceptors (Lipinski definition) is 20. The molecule has 1 aliphatic carbocycles. The minimum atomic E-state index is -0.564. The van der Waals surface area contributed by atoms with E-state index >= 15 is 0 Å². The summed E-state index contributed by atoms with van der Waals surface area (Å²) in [7, 11) is 0. The van der Waals surface area contributed by atoms with Gasteiger partial charge in [0.15, 0.2) is 34.7 Å². The van der Waals surface area contributed by atoms with Crippen molar-refractivity contribution in [3.8, 4) is 0 Å². The molecule has 0 aromatic carbocycles. The molecule has 92 heavy (non-hydrogen) atoms. The molecule has 0 bridgehead atoms. The van der Waals surface area contributed by atoms with Crippen LogP contribution in [0.25, 0.3) is 20.9 Å². The maximum absolute atomic E-state index is 12.7. The maximum Gasteiger partial charge on any atom is 0.407 e. The standard InChI is InChI=1S/C33H43N9O4.C24H30N8O2.C10H10N2/c1-21-28(38-31(43)46-32(2,3)4)33(20-45-21)13-16-40(17-14-33)25-19-35-27-29(37-25)42(26-10-6-7-18-44-26)39-30(27)41-15-8-9-22-23(41)11-12-24(34-5)36-22;1-14-21(25)24(13-34-14)6-9-31(10-7-24)19-12-27-20-17(30-19)11-28-23(20)32-8-2-3-15-18(32)5-4-16(29-15)22(26)33;1-11-10-7-6-8-4-2-3-5-9(8)12-10/h11-12,19,21,26,28H,6-10,13-18,20H2,1-4H3,(H,38,43);4-5,12,14,21H,2-3,6-11,13,25H2,1H3,(H2,26,33);6-7H,2-5H2/t21-,26?,28+;14-,21+;/m00./s1. The minimum Gasteiger partial charge on any atom is -0.444 e. The van der Waals surface area contributed by atoms with Crippen LogP contribution >= 0.6 is 0 Å². The highest BCUT2D eigenvalue weighted by atomic mass is 16.6. The Morgan fingerprint density at radius 2 is 1.32 bits per heavy atom. The largest absolute Gasteiger partial charge is 0.444 e. The van der Waals surface area contributed by atoms with Crippen molar-refractivity contribution in [3.05, 3.63) is 111 Å². The predicted molar refractivity (Wildman–Crippen MR) is 348 cm³/mol. The van der Waals surface area contributed by atoms with Crippen LogP contribution in [0.5, 0.6) is 0 Å². The van der Waals surface area contributed by atoms with Crippen LogP contribution in [0.2, 0.25) is 0 Å². The minimum absolute atomic E-state index is 0.0838. The third-order valence-corrected chi connectivity index (χ3v) is 19.9. The molecule has 5 N–H and O–H groups in total. The molecule has 15 rings (SSSR count). The summed E-state index contributed by atoms with van der Waals surface area (Å²) < 4.78 is 25.7. The number of amidine groups is 1. The number of aryl methyl sites for hydroxylation is 4. The smallest absolute Gasteiger partial charge is 0.407 e. The van der Waals surface area contributed by atoms with Crippen molar-refractivity contribution < 1.29 is 28.5 Å². The van der Waals surface area contributed by atoms with Crippen LogP contribution < -0.4 is 36.4 Å². The predicted octanol–water partition coefficient (Wildman–Crippen LogP) is 8.98. The van der Waals surface area contributed by atoms with Gasteiger partial charge >= 0.3 is 6.09 Å². The Balaban J connectivity index is 0.000000146. The van der Waals surface area contributed by atoms with E-state index in [1.54, 1.807) is 12.1 Å². The van der Waals surface area contributed by atoms with Crippen LogP contribution in [0.1, 0.15) is 156 Å². The zero-order chi connectivity index (χ0) is 63.9. The molecule has 25 heteroatoms. The van der Waals surface area contributed by atoms with Gasteiger partial charge in [0.1, 0.15) is 34.3 Å². The monoisotopic (exact) mass is 1250 g/mol. The van der Waals surface area contributed by atoms with E-state index in [2.05, 4.69) is 62.5 Å². The van der Waals surface area contributed by atoms with Gasteiger partial charge in [0.25, 0.3) is 17.5 Å². The van der Waals surface area contributed by atoms with Crippen molar-refractivity contribution in [3.63, 3.8) is 0 Å². The van der Waals surface area contributed by atoms with Crippen molar-refractivity contribution in [1.82, 2.24) is 50.0 Å². The van der Waals surface area contributed by atoms with Crippen LogP contribution in [-0.4, -0.2) is 151 Å². The SMILES string of the molecule is C[C@@H]1OCC2(CCN(c3cnc4c(n3)CN=C4N3CCCc4nc(C(N)=O)ccc43)CC2)[C@@H]1N.[C-]#[N+]c1ccc2c(n1)CCCC2.[C-]#[N+]c1ccc2c(n1)CCCN2c1nn(C2CCCCO2)c2nc(N3CCC4(CC3)CO[C@@H](C)[C@H]4NC(=O)OC(C)(C)C)cnc12. The number of pyridine rings is 3. The van der Waals surface area contributed by atoms with Gasteiger partial charge in [0.05, 0.1) is 73.2 Å². The number of rotatable bonds is 6. The summed E-state index contributed by atoms with van der Waals surface area (Å²) in [4.78, 5) is 78.1. The summed E-state index contributed by atoms with van der Waals surface area (Å²) in [5, 5.41) is 8.24. The normalized spacial score (nSPS) is 23.6. The lowest BCUT2D eigenvalue weighted by Crippen LogP contribution is -2.55. The van der Waals surface area contributed by atoms with Crippen molar-refractivity contribution >= 4 is 69.5 Å². The number of aromatic nitrogens is 9. The number of primary amides is 1. The molecule has 14 heterocycles. The third kappa shape index (κ3) is 12.5. The van der Waals surface area contributed by atoms with Crippen LogP contribution in [-0.2, 0) is 51.2 Å². The maximum atomic E-state index is 12.7. The van der Waals surface area contributed by atoms with Crippen molar-refractivity contribution in [2.75, 3.05) is 78.7 Å². The van der Waals surface area contributed by atoms with Crippen molar-refractivity contribution in [2.24, 2.45) is 27.3 Å². The number of aliphatic imine (C=N–C) groups is 1. The molecule has 6 aromatic heterocycles. The molecule has 0 saturated carbocycles. The first-order valence-corrected chi connectivity index (χ1v) is 32.8. The molecule has 25 nitrogen and oxygen atoms in total. The van der Waals surface area contributed by atoms with E-state index in [1.807, 2.05) is 63.0 Å². The Labute approximate surface area is 536 Å². The summed E-state index contributed by atoms with van der Waals surface area (Å²) in [6, 6.07) is 11.2. The number of hydrogen-bond donors (Lipinski definition) is 3. The molecule has 482 valence electrons. The zero-order valence-corrected chi connectivity index (χ0v) is 53.4. The quantitative estimate of drug-likeness (QED) is 0.131. The van der Waals surface area contributed by atoms with E-state index in [4.69, 9.17) is 73.6 Å². The van der Waals surface area contributed by atoms with E-state index in [0.29, 0.717) is 42.7 Å². The van der Waals surface area contributed by atoms with Crippen LogP contribution in [0.4, 0.5) is 45.3 Å². The summed E-state index contributed by atoms with van der Waals surface area (Å²) in [6.45, 7) is 31.4. The van der Waals surface area contributed by atoms with Gasteiger partial charge in [0, 0.05) is 75.6 Å². The molecule has 2 amide bonds. The summed E-state index contributed by atoms with van der Waals surface area (Å²) in [5.41, 5.74) is 20.9. The number of anilines is 5. The number of nitrogens with zero attached hydrogens (tertiary/aromatic N) is 16. The molecular formula is C67H83N19O6. The first-order chi connectivity index (χ1) is 44.5. The average Bonchev–Trinajstić information content (AvgIpc) is 1.61. The van der Waals surface area contributed by atoms with Crippen LogP contribution in [0, 0.1) is 24.0 Å². The topological polar surface area (TPSA) is 277 Å². The fraction of sp³-hybridized carbons (Fsp3) is 0.567. The fourth-order valence-corrected chi connectivity index (χ4v) is 14.8. The van der Waals surface area contributed by atoms with Gasteiger partial charge in [-0.25, -0.2) is 34.4 Å². The van der Waals surface area contributed by atoms with Gasteiger partial charge in [-0.2, -0.15) is 0 Å². The number of piperidine rings is 2. The molecule has 9 aliphatic rings. The Kier molecular flexibility index (Phi) is 17.5. The lowest BCUT2D eigenvalue weighted by atomic mass is 9.73. The third-order valence-electron chi connectivity index (χ3n) is 19.9. The van der Waals surface area contributed by atoms with E-state index in [9.17, 15) is 9.59 Å². The second kappa shape index (κ2) is 25.9. The average molecular weight is 1250 g/mol. The van der Waals surface area contributed by atoms with E-state index in [0.717, 1.165) is 198 Å². The first kappa shape index (κ1) is 62.3. The van der Waals surface area contributed by atoms with E-state index in [1.165, 1.54) is 18.4 Å². The molecule has 2 spiro atoms. The second-order valence-corrected chi connectivity index (χ2v) is 26.9. The Morgan fingerprint density at radius 3 is 2.01 bits per heavy atom. The fourth-order valence-electron chi connectivity index (χ4n) is 14.8. The van der Waals surface area contributed by atoms with E-state index in [-0.39, 0.29) is 41.3 Å². The number of amides is 2. The van der Waals surface area contributed by atoms with Gasteiger partial charge in [-0.05, 0) is 154 Å². The van der Waals surface area contributed by atoms with Crippen molar-refractivity contribution in [1.29, 1.82) is 0 Å². The van der Waals surface area contributed by atoms with Gasteiger partial charge in [-0.15, -0.1) is 15.1 Å². The highest BCUT2D eigenvalue weighted by molar-refractivity contribution is 6.11. The molecule has 5 saturated heterocycles. The van der Waals surface area contributed by atoms with Crippen LogP contribution in [0.15, 0.2) is 53.8 Å². The lowest BCUT2D eigenvalue weighted by Gasteiger charge is -2.42. The Hall–Kier alpha value is -8.49. The molecule has 8 aliphatic heterocycles. The van der Waals surface area contributed by atoms with Gasteiger partial charge < -0.3 is 65.0 Å².